The fourth-order valence-corrected chi connectivity index (χ4v) is 2.62. The third-order valence-electron chi connectivity index (χ3n) is 3.90. The number of anilines is 1. The van der Waals surface area contributed by atoms with E-state index < -0.39 is 29.6 Å². The van der Waals surface area contributed by atoms with Crippen molar-refractivity contribution < 1.29 is 31.8 Å². The number of benzene rings is 1. The molecule has 0 unspecified atom stereocenters. The summed E-state index contributed by atoms with van der Waals surface area (Å²) >= 11 is 0. The van der Waals surface area contributed by atoms with Crippen LogP contribution in [0.5, 0.6) is 5.75 Å². The van der Waals surface area contributed by atoms with Crippen LogP contribution in [0.4, 0.5) is 23.2 Å². The molecule has 0 N–H and O–H groups in total. The van der Waals surface area contributed by atoms with Crippen molar-refractivity contribution in [2.75, 3.05) is 25.1 Å². The molecule has 2 aromatic rings. The fraction of sp³-hybridized carbons (Fsp3) is 0.294. The predicted molar refractivity (Wildman–Crippen MR) is 83.6 cm³/mol. The number of rotatable bonds is 4. The van der Waals surface area contributed by atoms with E-state index in [1.54, 1.807) is 4.90 Å². The lowest BCUT2D eigenvalue weighted by atomic mass is 10.1. The van der Waals surface area contributed by atoms with E-state index in [4.69, 9.17) is 9.47 Å². The minimum Gasteiger partial charge on any atom is -0.487 e. The highest BCUT2D eigenvalue weighted by Crippen LogP contribution is 2.33. The molecule has 0 atom stereocenters. The van der Waals surface area contributed by atoms with Gasteiger partial charge in [-0.2, -0.15) is 13.2 Å². The number of carbonyl (C=O) groups excluding carboxylic acids is 1. The van der Waals surface area contributed by atoms with Crippen molar-refractivity contribution in [1.82, 2.24) is 4.98 Å². The first-order valence-corrected chi connectivity index (χ1v) is 7.59. The second kappa shape index (κ2) is 6.81. The van der Waals surface area contributed by atoms with E-state index >= 15 is 0 Å². The normalized spacial score (nSPS) is 14.7. The molecule has 26 heavy (non-hydrogen) atoms. The van der Waals surface area contributed by atoms with Crippen molar-refractivity contribution in [3.05, 3.63) is 53.6 Å². The standard InChI is InChI=1S/C17H14F4N2O3/c1-25-16(24)14-2-3-22-7-15(14)23-8-13(9-23)26-12-5-10(17(19,20)21)4-11(18)6-12/h2-7,13H,8-9H2,1H3. The zero-order valence-electron chi connectivity index (χ0n) is 13.6. The number of hydrogen-bond acceptors (Lipinski definition) is 5. The van der Waals surface area contributed by atoms with Gasteiger partial charge in [0.1, 0.15) is 17.7 Å². The number of halogens is 4. The number of ether oxygens (including phenoxy) is 2. The van der Waals surface area contributed by atoms with Crippen molar-refractivity contribution >= 4 is 11.7 Å². The largest absolute Gasteiger partial charge is 0.487 e. The van der Waals surface area contributed by atoms with Gasteiger partial charge in [0.2, 0.25) is 0 Å². The molecule has 0 saturated carbocycles. The second-order valence-corrected chi connectivity index (χ2v) is 5.70. The summed E-state index contributed by atoms with van der Waals surface area (Å²) in [5.41, 5.74) is -0.246. The summed E-state index contributed by atoms with van der Waals surface area (Å²) in [5.74, 6) is -1.74. The SMILES string of the molecule is COC(=O)c1ccncc1N1CC(Oc2cc(F)cc(C(F)(F)F)c2)C1. The molecule has 2 heterocycles. The van der Waals surface area contributed by atoms with Gasteiger partial charge in [-0.3, -0.25) is 4.98 Å². The number of hydrogen-bond donors (Lipinski definition) is 0. The maximum atomic E-state index is 13.4. The van der Waals surface area contributed by atoms with E-state index in [1.807, 2.05) is 0 Å². The zero-order chi connectivity index (χ0) is 18.9. The average molecular weight is 370 g/mol. The Bertz CT molecular complexity index is 820. The maximum Gasteiger partial charge on any atom is 0.416 e. The van der Waals surface area contributed by atoms with Gasteiger partial charge >= 0.3 is 12.1 Å². The molecule has 0 spiro atoms. The highest BCUT2D eigenvalue weighted by atomic mass is 19.4. The fourth-order valence-electron chi connectivity index (χ4n) is 2.62. The number of carbonyl (C=O) groups is 1. The summed E-state index contributed by atoms with van der Waals surface area (Å²) in [6, 6.07) is 3.59. The lowest BCUT2D eigenvalue weighted by molar-refractivity contribution is -0.137. The van der Waals surface area contributed by atoms with E-state index in [-0.39, 0.29) is 5.75 Å². The third-order valence-corrected chi connectivity index (χ3v) is 3.90. The predicted octanol–water partition coefficient (Wildman–Crippen LogP) is 3.29. The van der Waals surface area contributed by atoms with E-state index in [2.05, 4.69) is 4.98 Å². The Labute approximate surface area is 146 Å². The molecule has 0 aliphatic carbocycles. The molecule has 5 nitrogen and oxygen atoms in total. The van der Waals surface area contributed by atoms with Gasteiger partial charge in [0.15, 0.2) is 0 Å². The van der Waals surface area contributed by atoms with Crippen LogP contribution in [-0.2, 0) is 10.9 Å². The van der Waals surface area contributed by atoms with Crippen LogP contribution in [-0.4, -0.2) is 37.3 Å². The Morgan fingerprint density at radius 2 is 2.00 bits per heavy atom. The highest BCUT2D eigenvalue weighted by Gasteiger charge is 2.34. The van der Waals surface area contributed by atoms with Crippen molar-refractivity contribution in [1.29, 1.82) is 0 Å². The lowest BCUT2D eigenvalue weighted by Crippen LogP contribution is -2.54. The molecule has 0 radical (unpaired) electrons. The average Bonchev–Trinajstić information content (AvgIpc) is 2.56. The van der Waals surface area contributed by atoms with Gasteiger partial charge in [0.05, 0.1) is 43.2 Å². The molecule has 1 saturated heterocycles. The first kappa shape index (κ1) is 18.0. The van der Waals surface area contributed by atoms with Crippen LogP contribution >= 0.6 is 0 Å². The van der Waals surface area contributed by atoms with Gasteiger partial charge < -0.3 is 14.4 Å². The summed E-state index contributed by atoms with van der Waals surface area (Å²) in [6.07, 6.45) is -2.15. The highest BCUT2D eigenvalue weighted by molar-refractivity contribution is 5.95. The van der Waals surface area contributed by atoms with Crippen molar-refractivity contribution in [2.24, 2.45) is 0 Å². The summed E-state index contributed by atoms with van der Waals surface area (Å²) in [6.45, 7) is 0.626. The number of esters is 1. The summed E-state index contributed by atoms with van der Waals surface area (Å²) in [4.78, 5) is 17.5. The Morgan fingerprint density at radius 1 is 1.27 bits per heavy atom. The summed E-state index contributed by atoms with van der Waals surface area (Å²) in [7, 11) is 1.26. The number of alkyl halides is 3. The smallest absolute Gasteiger partial charge is 0.416 e. The molecule has 1 aliphatic heterocycles. The molecule has 138 valence electrons. The van der Waals surface area contributed by atoms with Crippen LogP contribution in [0.15, 0.2) is 36.7 Å². The Morgan fingerprint density at radius 3 is 2.65 bits per heavy atom. The van der Waals surface area contributed by atoms with Crippen LogP contribution in [0.3, 0.4) is 0 Å². The van der Waals surface area contributed by atoms with E-state index in [0.29, 0.717) is 30.4 Å². The van der Waals surface area contributed by atoms with Crippen LogP contribution in [0, 0.1) is 5.82 Å². The Kier molecular flexibility index (Phi) is 4.71. The molecular weight excluding hydrogens is 356 g/mol. The van der Waals surface area contributed by atoms with Crippen molar-refractivity contribution in [2.45, 2.75) is 12.3 Å². The van der Waals surface area contributed by atoms with Gasteiger partial charge in [0, 0.05) is 12.3 Å². The molecule has 0 amide bonds. The molecule has 1 aromatic heterocycles. The Balaban J connectivity index is 1.69. The van der Waals surface area contributed by atoms with Gasteiger partial charge in [-0.1, -0.05) is 0 Å². The van der Waals surface area contributed by atoms with Crippen molar-refractivity contribution in [3.8, 4) is 5.75 Å². The van der Waals surface area contributed by atoms with Crippen LogP contribution in [0.2, 0.25) is 0 Å². The monoisotopic (exact) mass is 370 g/mol. The van der Waals surface area contributed by atoms with Gasteiger partial charge in [-0.25, -0.2) is 9.18 Å². The van der Waals surface area contributed by atoms with E-state index in [1.165, 1.54) is 25.6 Å². The van der Waals surface area contributed by atoms with Crippen molar-refractivity contribution in [3.63, 3.8) is 0 Å². The molecule has 1 fully saturated rings. The first-order valence-electron chi connectivity index (χ1n) is 7.59. The minimum atomic E-state index is -4.66. The summed E-state index contributed by atoms with van der Waals surface area (Å²) < 4.78 is 61.7. The third kappa shape index (κ3) is 3.71. The number of nitrogens with zero attached hydrogens (tertiary/aromatic N) is 2. The zero-order valence-corrected chi connectivity index (χ0v) is 13.6. The van der Waals surface area contributed by atoms with E-state index in [9.17, 15) is 22.4 Å². The maximum absolute atomic E-state index is 13.4. The van der Waals surface area contributed by atoms with Crippen LogP contribution in [0.1, 0.15) is 15.9 Å². The minimum absolute atomic E-state index is 0.193. The number of methoxy groups -OCH3 is 1. The first-order chi connectivity index (χ1) is 12.3. The number of pyridine rings is 1. The molecule has 9 heteroatoms. The number of aromatic nitrogens is 1. The van der Waals surface area contributed by atoms with Crippen LogP contribution in [0.25, 0.3) is 0 Å². The topological polar surface area (TPSA) is 51.7 Å². The molecular formula is C17H14F4N2O3. The lowest BCUT2D eigenvalue weighted by Gasteiger charge is -2.41. The quantitative estimate of drug-likeness (QED) is 0.611. The van der Waals surface area contributed by atoms with Crippen LogP contribution < -0.4 is 9.64 Å². The molecule has 0 bridgehead atoms. The van der Waals surface area contributed by atoms with Gasteiger partial charge in [-0.15, -0.1) is 0 Å². The van der Waals surface area contributed by atoms with Gasteiger partial charge in [-0.05, 0) is 18.2 Å². The van der Waals surface area contributed by atoms with E-state index in [0.717, 1.165) is 12.1 Å². The summed E-state index contributed by atoms with van der Waals surface area (Å²) in [5, 5.41) is 0. The molecule has 1 aliphatic rings. The Hall–Kier alpha value is -2.84. The van der Waals surface area contributed by atoms with Gasteiger partial charge in [0.25, 0.3) is 0 Å². The molecule has 1 aromatic carbocycles. The second-order valence-electron chi connectivity index (χ2n) is 5.70. The molecule has 3 rings (SSSR count).